The zero-order valence-corrected chi connectivity index (χ0v) is 16.3. The van der Waals surface area contributed by atoms with Gasteiger partial charge in [0.1, 0.15) is 23.9 Å². The Labute approximate surface area is 151 Å². The van der Waals surface area contributed by atoms with Crippen LogP contribution in [0.4, 0.5) is 9.59 Å². The summed E-state index contributed by atoms with van der Waals surface area (Å²) in [7, 11) is 0. The van der Waals surface area contributed by atoms with E-state index in [0.717, 1.165) is 4.88 Å². The van der Waals surface area contributed by atoms with Crippen LogP contribution < -0.4 is 5.32 Å². The van der Waals surface area contributed by atoms with Crippen molar-refractivity contribution in [1.82, 2.24) is 5.32 Å². The number of carbonyl (C=O) groups is 2. The number of halogens is 1. The molecule has 0 saturated carbocycles. The van der Waals surface area contributed by atoms with Crippen LogP contribution in [-0.4, -0.2) is 30.1 Å². The van der Waals surface area contributed by atoms with Gasteiger partial charge in [0.15, 0.2) is 0 Å². The molecule has 136 valence electrons. The van der Waals surface area contributed by atoms with Crippen molar-refractivity contribution in [3.05, 3.63) is 21.3 Å². The molecule has 0 bridgehead atoms. The molecule has 1 aromatic rings. The van der Waals surface area contributed by atoms with Crippen LogP contribution in [0.1, 0.15) is 52.5 Å². The van der Waals surface area contributed by atoms with E-state index in [4.69, 9.17) is 25.8 Å². The fourth-order valence-corrected chi connectivity index (χ4v) is 2.69. The monoisotopic (exact) mass is 377 g/mol. The lowest BCUT2D eigenvalue weighted by Gasteiger charge is -2.24. The van der Waals surface area contributed by atoms with E-state index in [1.54, 1.807) is 53.7 Å². The average molecular weight is 378 g/mol. The topological polar surface area (TPSA) is 73.9 Å². The Kier molecular flexibility index (Phi) is 6.92. The van der Waals surface area contributed by atoms with E-state index in [-0.39, 0.29) is 6.61 Å². The summed E-state index contributed by atoms with van der Waals surface area (Å²) in [6, 6.07) is 2.89. The molecule has 0 aliphatic rings. The van der Waals surface area contributed by atoms with E-state index in [1.165, 1.54) is 11.3 Å². The zero-order chi connectivity index (χ0) is 18.5. The Morgan fingerprint density at radius 2 is 1.71 bits per heavy atom. The van der Waals surface area contributed by atoms with Crippen LogP contribution in [0.3, 0.4) is 0 Å². The molecule has 1 atom stereocenters. The summed E-state index contributed by atoms with van der Waals surface area (Å²) in [6.45, 7) is 10.4. The van der Waals surface area contributed by atoms with Crippen LogP contribution >= 0.6 is 22.9 Å². The third-order valence-electron chi connectivity index (χ3n) is 2.39. The van der Waals surface area contributed by atoms with Gasteiger partial charge in [-0.15, -0.1) is 11.3 Å². The lowest BCUT2D eigenvalue weighted by atomic mass is 10.2. The minimum absolute atomic E-state index is 0.0923. The Bertz CT molecular complexity index is 574. The number of rotatable bonds is 4. The van der Waals surface area contributed by atoms with E-state index in [9.17, 15) is 9.59 Å². The zero-order valence-electron chi connectivity index (χ0n) is 14.8. The van der Waals surface area contributed by atoms with Gasteiger partial charge in [0.25, 0.3) is 0 Å². The maximum atomic E-state index is 12.0. The maximum absolute atomic E-state index is 12.0. The van der Waals surface area contributed by atoms with E-state index in [0.29, 0.717) is 4.34 Å². The fourth-order valence-electron chi connectivity index (χ4n) is 1.59. The second-order valence-electron chi connectivity index (χ2n) is 7.12. The molecule has 0 fully saturated rings. The Morgan fingerprint density at radius 1 is 1.12 bits per heavy atom. The van der Waals surface area contributed by atoms with Crippen molar-refractivity contribution < 1.29 is 23.8 Å². The van der Waals surface area contributed by atoms with Crippen molar-refractivity contribution in [2.24, 2.45) is 0 Å². The van der Waals surface area contributed by atoms with E-state index < -0.39 is 29.5 Å². The molecule has 0 radical (unpaired) electrons. The van der Waals surface area contributed by atoms with Gasteiger partial charge in [0.05, 0.1) is 4.34 Å². The molecule has 0 saturated heterocycles. The minimum Gasteiger partial charge on any atom is -0.444 e. The Morgan fingerprint density at radius 3 is 2.17 bits per heavy atom. The number of thiophene rings is 1. The van der Waals surface area contributed by atoms with Gasteiger partial charge >= 0.3 is 12.2 Å². The molecule has 1 aromatic heterocycles. The van der Waals surface area contributed by atoms with Crippen LogP contribution in [0.2, 0.25) is 4.34 Å². The number of hydrogen-bond acceptors (Lipinski definition) is 6. The highest BCUT2D eigenvalue weighted by Gasteiger charge is 2.24. The lowest BCUT2D eigenvalue weighted by Crippen LogP contribution is -2.37. The quantitative estimate of drug-likeness (QED) is 0.754. The molecule has 0 aromatic carbocycles. The fraction of sp³-hybridized carbons (Fsp3) is 0.625. The first-order valence-electron chi connectivity index (χ1n) is 7.46. The molecule has 1 N–H and O–H groups in total. The predicted octanol–water partition coefficient (Wildman–Crippen LogP) is 4.92. The summed E-state index contributed by atoms with van der Waals surface area (Å²) in [5.41, 5.74) is -1.29. The molecule has 6 nitrogen and oxygen atoms in total. The minimum atomic E-state index is -0.804. The maximum Gasteiger partial charge on any atom is 0.508 e. The molecule has 8 heteroatoms. The molecule has 1 amide bonds. The van der Waals surface area contributed by atoms with Crippen LogP contribution in [-0.2, 0) is 14.2 Å². The van der Waals surface area contributed by atoms with Crippen LogP contribution in [0.15, 0.2) is 12.1 Å². The largest absolute Gasteiger partial charge is 0.508 e. The number of hydrogen-bond donors (Lipinski definition) is 1. The van der Waals surface area contributed by atoms with Crippen LogP contribution in [0.5, 0.6) is 0 Å². The average Bonchev–Trinajstić information content (AvgIpc) is 2.76. The highest BCUT2D eigenvalue weighted by Crippen LogP contribution is 2.27. The summed E-state index contributed by atoms with van der Waals surface area (Å²) >= 11 is 7.22. The second kappa shape index (κ2) is 8.07. The highest BCUT2D eigenvalue weighted by atomic mass is 35.5. The van der Waals surface area contributed by atoms with Gasteiger partial charge in [-0.2, -0.15) is 0 Å². The highest BCUT2D eigenvalue weighted by molar-refractivity contribution is 7.16. The number of ether oxygens (including phenoxy) is 3. The molecule has 24 heavy (non-hydrogen) atoms. The number of nitrogens with one attached hydrogen (secondary N) is 1. The van der Waals surface area contributed by atoms with E-state index in [1.807, 2.05) is 0 Å². The van der Waals surface area contributed by atoms with Crippen molar-refractivity contribution >= 4 is 35.2 Å². The molecule has 0 aliphatic heterocycles. The molecule has 1 rings (SSSR count). The van der Waals surface area contributed by atoms with Crippen molar-refractivity contribution in [2.45, 2.75) is 58.8 Å². The van der Waals surface area contributed by atoms with Gasteiger partial charge < -0.3 is 19.5 Å². The van der Waals surface area contributed by atoms with E-state index in [2.05, 4.69) is 5.32 Å². The molecule has 1 unspecified atom stereocenters. The van der Waals surface area contributed by atoms with Gasteiger partial charge in [0, 0.05) is 4.88 Å². The number of carbonyl (C=O) groups excluding carboxylic acids is 2. The summed E-state index contributed by atoms with van der Waals surface area (Å²) in [4.78, 5) is 24.4. The van der Waals surface area contributed by atoms with Crippen molar-refractivity contribution in [3.63, 3.8) is 0 Å². The van der Waals surface area contributed by atoms with Gasteiger partial charge in [-0.25, -0.2) is 9.59 Å². The van der Waals surface area contributed by atoms with Crippen molar-refractivity contribution in [2.75, 3.05) is 6.61 Å². The van der Waals surface area contributed by atoms with Crippen molar-refractivity contribution in [3.8, 4) is 0 Å². The smallest absolute Gasteiger partial charge is 0.444 e. The SMILES string of the molecule is CC(C)(C)OC(=O)NC(COC(=O)OC(C)(C)C)c1ccc(Cl)s1. The summed E-state index contributed by atoms with van der Waals surface area (Å²) in [5, 5.41) is 2.68. The Balaban J connectivity index is 2.72. The normalized spacial score (nSPS) is 13.1. The molecule has 0 aliphatic carbocycles. The molecular weight excluding hydrogens is 354 g/mol. The lowest BCUT2D eigenvalue weighted by molar-refractivity contribution is -0.0119. The predicted molar refractivity (Wildman–Crippen MR) is 93.6 cm³/mol. The first kappa shape index (κ1) is 20.6. The van der Waals surface area contributed by atoms with Gasteiger partial charge in [-0.05, 0) is 53.7 Å². The van der Waals surface area contributed by atoms with Gasteiger partial charge in [0.2, 0.25) is 0 Å². The molecular formula is C16H24ClNO5S. The van der Waals surface area contributed by atoms with Gasteiger partial charge in [-0.3, -0.25) is 0 Å². The number of amides is 1. The molecule has 0 spiro atoms. The molecule has 1 heterocycles. The van der Waals surface area contributed by atoms with Gasteiger partial charge in [-0.1, -0.05) is 11.6 Å². The van der Waals surface area contributed by atoms with Crippen LogP contribution in [0, 0.1) is 0 Å². The summed E-state index contributed by atoms with van der Waals surface area (Å²) < 4.78 is 16.0. The standard InChI is InChI=1S/C16H24ClNO5S/c1-15(2,3)22-13(19)18-10(11-7-8-12(17)24-11)9-21-14(20)23-16(4,5)6/h7-8,10H,9H2,1-6H3,(H,18,19). The summed E-state index contributed by atoms with van der Waals surface area (Å²) in [6.07, 6.45) is -1.41. The Hall–Kier alpha value is -1.47. The van der Waals surface area contributed by atoms with Crippen LogP contribution in [0.25, 0.3) is 0 Å². The third-order valence-corrected chi connectivity index (χ3v) is 3.73. The number of alkyl carbamates (subject to hydrolysis) is 1. The van der Waals surface area contributed by atoms with E-state index >= 15 is 0 Å². The summed E-state index contributed by atoms with van der Waals surface area (Å²) in [5.74, 6) is 0. The first-order valence-corrected chi connectivity index (χ1v) is 8.66. The first-order chi connectivity index (χ1) is 10.9. The second-order valence-corrected chi connectivity index (χ2v) is 8.86. The third kappa shape index (κ3) is 8.40. The van der Waals surface area contributed by atoms with Crippen molar-refractivity contribution in [1.29, 1.82) is 0 Å².